The number of aromatic nitrogens is 2. The number of amides is 1. The maximum Gasteiger partial charge on any atom is 0.257 e. The first-order valence-corrected chi connectivity index (χ1v) is 12.1. The fourth-order valence-electron chi connectivity index (χ4n) is 5.17. The number of benzene rings is 2. The number of carbonyl (C=O) groups excluding carboxylic acids is 1. The second-order valence-electron chi connectivity index (χ2n) is 9.01. The first-order valence-electron chi connectivity index (χ1n) is 12.1. The Kier molecular flexibility index (Phi) is 6.54. The second-order valence-corrected chi connectivity index (χ2v) is 9.01. The van der Waals surface area contributed by atoms with Gasteiger partial charge in [-0.25, -0.2) is 4.68 Å². The van der Waals surface area contributed by atoms with Gasteiger partial charge in [0.25, 0.3) is 5.91 Å². The number of carbonyl (C=O) groups is 1. The maximum atomic E-state index is 13.7. The molecule has 1 aromatic heterocycles. The van der Waals surface area contributed by atoms with Gasteiger partial charge in [0.2, 0.25) is 0 Å². The lowest BCUT2D eigenvalue weighted by Gasteiger charge is -2.38. The van der Waals surface area contributed by atoms with Crippen molar-refractivity contribution in [2.75, 3.05) is 40.4 Å². The van der Waals surface area contributed by atoms with Crippen LogP contribution in [0.3, 0.4) is 0 Å². The topological polar surface area (TPSA) is 59.8 Å². The quantitative estimate of drug-likeness (QED) is 0.550. The van der Waals surface area contributed by atoms with Gasteiger partial charge in [0, 0.05) is 44.0 Å². The molecule has 1 amide bonds. The van der Waals surface area contributed by atoms with Crippen LogP contribution in [0, 0.1) is 0 Å². The minimum absolute atomic E-state index is 0.0260. The highest BCUT2D eigenvalue weighted by molar-refractivity contribution is 6.00. The van der Waals surface area contributed by atoms with Crippen molar-refractivity contribution >= 4 is 5.91 Å². The standard InChI is InChI=1S/C27H32N4O3/c1-33-24-13-12-20(18-25(24)34-2)26-23(19-31(28-26)22-10-4-3-5-11-22)27(32)30-16-14-29(15-17-30)21-8-6-7-9-21/h3-5,10-13,18-19,21H,6-9,14-17H2,1-2H3. The first kappa shape index (κ1) is 22.5. The predicted molar refractivity (Wildman–Crippen MR) is 132 cm³/mol. The highest BCUT2D eigenvalue weighted by atomic mass is 16.5. The van der Waals surface area contributed by atoms with Gasteiger partial charge in [0.1, 0.15) is 5.69 Å². The van der Waals surface area contributed by atoms with Crippen LogP contribution in [0.4, 0.5) is 0 Å². The summed E-state index contributed by atoms with van der Waals surface area (Å²) in [5, 5.41) is 4.84. The summed E-state index contributed by atoms with van der Waals surface area (Å²) < 4.78 is 12.7. The van der Waals surface area contributed by atoms with Gasteiger partial charge in [-0.3, -0.25) is 9.69 Å². The van der Waals surface area contributed by atoms with Crippen LogP contribution in [-0.2, 0) is 0 Å². The van der Waals surface area contributed by atoms with E-state index in [2.05, 4.69) is 4.90 Å². The van der Waals surface area contributed by atoms with Gasteiger partial charge in [0.05, 0.1) is 25.5 Å². The van der Waals surface area contributed by atoms with E-state index >= 15 is 0 Å². The smallest absolute Gasteiger partial charge is 0.257 e. The largest absolute Gasteiger partial charge is 0.493 e. The predicted octanol–water partition coefficient (Wildman–Crippen LogP) is 4.26. The van der Waals surface area contributed by atoms with E-state index in [1.54, 1.807) is 18.9 Å². The molecule has 7 heteroatoms. The van der Waals surface area contributed by atoms with E-state index in [-0.39, 0.29) is 5.91 Å². The Bertz CT molecular complexity index is 1130. The molecule has 0 atom stereocenters. The van der Waals surface area contributed by atoms with Crippen molar-refractivity contribution in [3.8, 4) is 28.4 Å². The van der Waals surface area contributed by atoms with E-state index in [9.17, 15) is 4.79 Å². The summed E-state index contributed by atoms with van der Waals surface area (Å²) >= 11 is 0. The minimum atomic E-state index is 0.0260. The van der Waals surface area contributed by atoms with Gasteiger partial charge in [0.15, 0.2) is 11.5 Å². The van der Waals surface area contributed by atoms with Crippen LogP contribution in [0.25, 0.3) is 16.9 Å². The summed E-state index contributed by atoms with van der Waals surface area (Å²) in [5.41, 5.74) is 2.98. The number of methoxy groups -OCH3 is 2. The van der Waals surface area contributed by atoms with Crippen molar-refractivity contribution in [2.24, 2.45) is 0 Å². The number of hydrogen-bond acceptors (Lipinski definition) is 5. The molecular formula is C27H32N4O3. The molecular weight excluding hydrogens is 428 g/mol. The molecule has 2 fully saturated rings. The van der Waals surface area contributed by atoms with E-state index in [1.165, 1.54) is 25.7 Å². The zero-order valence-corrected chi connectivity index (χ0v) is 19.9. The van der Waals surface area contributed by atoms with Crippen molar-refractivity contribution < 1.29 is 14.3 Å². The normalized spacial score (nSPS) is 17.2. The Balaban J connectivity index is 1.46. The number of ether oxygens (including phenoxy) is 2. The maximum absolute atomic E-state index is 13.7. The van der Waals surface area contributed by atoms with Crippen molar-refractivity contribution in [1.82, 2.24) is 19.6 Å². The third kappa shape index (κ3) is 4.40. The molecule has 0 bridgehead atoms. The molecule has 34 heavy (non-hydrogen) atoms. The summed E-state index contributed by atoms with van der Waals surface area (Å²) in [5.74, 6) is 1.28. The van der Waals surface area contributed by atoms with Crippen molar-refractivity contribution in [1.29, 1.82) is 0 Å². The minimum Gasteiger partial charge on any atom is -0.493 e. The second kappa shape index (κ2) is 9.89. The van der Waals surface area contributed by atoms with Crippen LogP contribution in [0.1, 0.15) is 36.0 Å². The fraction of sp³-hybridized carbons (Fsp3) is 0.407. The van der Waals surface area contributed by atoms with Gasteiger partial charge in [-0.05, 0) is 43.2 Å². The molecule has 178 valence electrons. The highest BCUT2D eigenvalue weighted by Crippen LogP contribution is 2.34. The van der Waals surface area contributed by atoms with Gasteiger partial charge < -0.3 is 14.4 Å². The monoisotopic (exact) mass is 460 g/mol. The first-order chi connectivity index (χ1) is 16.7. The summed E-state index contributed by atoms with van der Waals surface area (Å²) in [6.07, 6.45) is 7.10. The molecule has 5 rings (SSSR count). The van der Waals surface area contributed by atoms with Gasteiger partial charge in [-0.2, -0.15) is 5.10 Å². The van der Waals surface area contributed by atoms with Crippen molar-refractivity contribution in [3.63, 3.8) is 0 Å². The van der Waals surface area contributed by atoms with Crippen LogP contribution < -0.4 is 9.47 Å². The number of rotatable bonds is 6. The van der Waals surface area contributed by atoms with E-state index in [0.717, 1.165) is 37.4 Å². The zero-order valence-electron chi connectivity index (χ0n) is 19.9. The third-order valence-corrected chi connectivity index (χ3v) is 7.06. The molecule has 2 aromatic carbocycles. The van der Waals surface area contributed by atoms with E-state index in [4.69, 9.17) is 14.6 Å². The average Bonchev–Trinajstić information content (AvgIpc) is 3.59. The third-order valence-electron chi connectivity index (χ3n) is 7.06. The SMILES string of the molecule is COc1ccc(-c2nn(-c3ccccc3)cc2C(=O)N2CCN(C3CCCC3)CC2)cc1OC. The molecule has 0 spiro atoms. The molecule has 2 heterocycles. The highest BCUT2D eigenvalue weighted by Gasteiger charge is 2.30. The number of nitrogens with zero attached hydrogens (tertiary/aromatic N) is 4. The zero-order chi connectivity index (χ0) is 23.5. The Labute approximate surface area is 200 Å². The van der Waals surface area contributed by atoms with E-state index < -0.39 is 0 Å². The summed E-state index contributed by atoms with van der Waals surface area (Å²) in [6.45, 7) is 3.37. The molecule has 7 nitrogen and oxygen atoms in total. The molecule has 1 saturated carbocycles. The lowest BCUT2D eigenvalue weighted by molar-refractivity contribution is 0.0574. The molecule has 1 aliphatic heterocycles. The van der Waals surface area contributed by atoms with Crippen LogP contribution in [-0.4, -0.2) is 71.9 Å². The average molecular weight is 461 g/mol. The summed E-state index contributed by atoms with van der Waals surface area (Å²) in [7, 11) is 3.22. The van der Waals surface area contributed by atoms with Gasteiger partial charge in [-0.15, -0.1) is 0 Å². The molecule has 1 aliphatic carbocycles. The Morgan fingerprint density at radius 3 is 2.29 bits per heavy atom. The summed E-state index contributed by atoms with van der Waals surface area (Å²) in [6, 6.07) is 16.2. The van der Waals surface area contributed by atoms with Crippen LogP contribution in [0.2, 0.25) is 0 Å². The number of piperazine rings is 1. The van der Waals surface area contributed by atoms with E-state index in [1.807, 2.05) is 59.6 Å². The molecule has 0 radical (unpaired) electrons. The molecule has 2 aliphatic rings. The molecule has 0 unspecified atom stereocenters. The molecule has 1 saturated heterocycles. The van der Waals surface area contributed by atoms with Gasteiger partial charge in [-0.1, -0.05) is 31.0 Å². The summed E-state index contributed by atoms with van der Waals surface area (Å²) in [4.78, 5) is 18.3. The molecule has 0 N–H and O–H groups in total. The number of para-hydroxylation sites is 1. The Hall–Kier alpha value is -3.32. The van der Waals surface area contributed by atoms with Crippen molar-refractivity contribution in [2.45, 2.75) is 31.7 Å². The van der Waals surface area contributed by atoms with Crippen LogP contribution in [0.5, 0.6) is 11.5 Å². The Morgan fingerprint density at radius 1 is 0.912 bits per heavy atom. The van der Waals surface area contributed by atoms with Crippen LogP contribution in [0.15, 0.2) is 54.7 Å². The van der Waals surface area contributed by atoms with Gasteiger partial charge >= 0.3 is 0 Å². The van der Waals surface area contributed by atoms with E-state index in [0.29, 0.717) is 28.8 Å². The number of hydrogen-bond donors (Lipinski definition) is 0. The lowest BCUT2D eigenvalue weighted by atomic mass is 10.1. The molecule has 3 aromatic rings. The Morgan fingerprint density at radius 2 is 1.62 bits per heavy atom. The fourth-order valence-corrected chi connectivity index (χ4v) is 5.17. The lowest BCUT2D eigenvalue weighted by Crippen LogP contribution is -2.51. The van der Waals surface area contributed by atoms with Crippen LogP contribution >= 0.6 is 0 Å². The van der Waals surface area contributed by atoms with Crippen molar-refractivity contribution in [3.05, 3.63) is 60.3 Å².